The first-order valence-electron chi connectivity index (χ1n) is 6.67. The Morgan fingerprint density at radius 1 is 1.38 bits per heavy atom. The molecular formula is C17H17N3O. The van der Waals surface area contributed by atoms with E-state index in [1.807, 2.05) is 36.7 Å². The first-order valence-corrected chi connectivity index (χ1v) is 6.67. The topological polar surface area (TPSA) is 57.8 Å². The Hall–Kier alpha value is -2.80. The third-order valence-corrected chi connectivity index (χ3v) is 3.36. The van der Waals surface area contributed by atoms with Crippen LogP contribution in [0.15, 0.2) is 42.5 Å². The van der Waals surface area contributed by atoms with E-state index < -0.39 is 0 Å². The average Bonchev–Trinajstić information content (AvgIpc) is 2.83. The van der Waals surface area contributed by atoms with Gasteiger partial charge in [-0.15, -0.1) is 0 Å². The van der Waals surface area contributed by atoms with Crippen LogP contribution in [0.3, 0.4) is 0 Å². The number of aromatic nitrogens is 1. The van der Waals surface area contributed by atoms with E-state index in [9.17, 15) is 4.79 Å². The Bertz CT molecular complexity index is 720. The lowest BCUT2D eigenvalue weighted by Crippen LogP contribution is -2.21. The summed E-state index contributed by atoms with van der Waals surface area (Å²) in [5, 5.41) is 11.7. The third kappa shape index (κ3) is 3.83. The summed E-state index contributed by atoms with van der Waals surface area (Å²) in [5.74, 6) is -0.156. The monoisotopic (exact) mass is 279 g/mol. The Morgan fingerprint density at radius 2 is 2.19 bits per heavy atom. The zero-order valence-corrected chi connectivity index (χ0v) is 12.1. The van der Waals surface area contributed by atoms with Gasteiger partial charge < -0.3 is 9.88 Å². The summed E-state index contributed by atoms with van der Waals surface area (Å²) in [6.45, 7) is 2.51. The number of nitriles is 1. The van der Waals surface area contributed by atoms with E-state index in [0.29, 0.717) is 12.1 Å². The van der Waals surface area contributed by atoms with Gasteiger partial charge in [-0.05, 0) is 42.8 Å². The second-order valence-electron chi connectivity index (χ2n) is 4.81. The van der Waals surface area contributed by atoms with Crippen molar-refractivity contribution in [1.29, 1.82) is 5.26 Å². The van der Waals surface area contributed by atoms with Gasteiger partial charge in [-0.2, -0.15) is 5.26 Å². The minimum atomic E-state index is -0.156. The molecule has 1 heterocycles. The van der Waals surface area contributed by atoms with Gasteiger partial charge in [0.2, 0.25) is 5.91 Å². The second-order valence-corrected chi connectivity index (χ2v) is 4.81. The van der Waals surface area contributed by atoms with E-state index in [0.717, 1.165) is 17.0 Å². The van der Waals surface area contributed by atoms with Crippen molar-refractivity contribution < 1.29 is 4.79 Å². The minimum absolute atomic E-state index is 0.156. The molecule has 1 aromatic carbocycles. The second kappa shape index (κ2) is 6.58. The fraction of sp³-hybridized carbons (Fsp3) is 0.176. The van der Waals surface area contributed by atoms with Crippen LogP contribution in [0, 0.1) is 18.3 Å². The molecule has 0 bridgehead atoms. The van der Waals surface area contributed by atoms with Crippen LogP contribution in [0.1, 0.15) is 22.5 Å². The maximum absolute atomic E-state index is 11.8. The maximum Gasteiger partial charge on any atom is 0.244 e. The average molecular weight is 279 g/mol. The van der Waals surface area contributed by atoms with Gasteiger partial charge >= 0.3 is 0 Å². The van der Waals surface area contributed by atoms with E-state index in [4.69, 9.17) is 5.26 Å². The molecule has 0 spiro atoms. The minimum Gasteiger partial charge on any atom is -0.350 e. The number of hydrogen-bond donors (Lipinski definition) is 1. The molecule has 4 heteroatoms. The SMILES string of the molecule is Cc1ccc(CNC(=O)/C=C/c2cccc(C#N)c2)n1C. The molecule has 0 fully saturated rings. The molecule has 0 aliphatic rings. The molecule has 4 nitrogen and oxygen atoms in total. The molecule has 0 saturated carbocycles. The first-order chi connectivity index (χ1) is 10.1. The summed E-state index contributed by atoms with van der Waals surface area (Å²) < 4.78 is 2.04. The number of carbonyl (C=O) groups excluding carboxylic acids is 1. The van der Waals surface area contributed by atoms with Crippen molar-refractivity contribution in [1.82, 2.24) is 9.88 Å². The van der Waals surface area contributed by atoms with Crippen LogP contribution in [-0.4, -0.2) is 10.5 Å². The maximum atomic E-state index is 11.8. The predicted octanol–water partition coefficient (Wildman–Crippen LogP) is 2.53. The highest BCUT2D eigenvalue weighted by atomic mass is 16.1. The van der Waals surface area contributed by atoms with E-state index in [2.05, 4.69) is 11.4 Å². The Labute approximate surface area is 124 Å². The van der Waals surface area contributed by atoms with Crippen LogP contribution >= 0.6 is 0 Å². The van der Waals surface area contributed by atoms with Crippen molar-refractivity contribution >= 4 is 12.0 Å². The van der Waals surface area contributed by atoms with Gasteiger partial charge in [0, 0.05) is 24.5 Å². The molecule has 0 aliphatic heterocycles. The highest BCUT2D eigenvalue weighted by Gasteiger charge is 2.02. The van der Waals surface area contributed by atoms with E-state index in [-0.39, 0.29) is 5.91 Å². The molecule has 0 atom stereocenters. The van der Waals surface area contributed by atoms with Crippen LogP contribution in [0.5, 0.6) is 0 Å². The molecule has 106 valence electrons. The summed E-state index contributed by atoms with van der Waals surface area (Å²) in [5.41, 5.74) is 3.62. The van der Waals surface area contributed by atoms with E-state index >= 15 is 0 Å². The molecule has 0 aliphatic carbocycles. The van der Waals surface area contributed by atoms with Crippen LogP contribution in [-0.2, 0) is 18.4 Å². The molecule has 0 radical (unpaired) electrons. The number of nitrogens with one attached hydrogen (secondary N) is 1. The third-order valence-electron chi connectivity index (χ3n) is 3.36. The number of rotatable bonds is 4. The van der Waals surface area contributed by atoms with Crippen molar-refractivity contribution in [3.8, 4) is 6.07 Å². The summed E-state index contributed by atoms with van der Waals surface area (Å²) in [7, 11) is 1.97. The van der Waals surface area contributed by atoms with Crippen LogP contribution in [0.4, 0.5) is 0 Å². The summed E-state index contributed by atoms with van der Waals surface area (Å²) in [6.07, 6.45) is 3.18. The highest BCUT2D eigenvalue weighted by Crippen LogP contribution is 2.07. The van der Waals surface area contributed by atoms with Gasteiger partial charge in [-0.25, -0.2) is 0 Å². The van der Waals surface area contributed by atoms with Gasteiger partial charge in [-0.1, -0.05) is 12.1 Å². The Kier molecular flexibility index (Phi) is 4.57. The summed E-state index contributed by atoms with van der Waals surface area (Å²) in [4.78, 5) is 11.8. The highest BCUT2D eigenvalue weighted by molar-refractivity contribution is 5.91. The number of aryl methyl sites for hydroxylation is 1. The van der Waals surface area contributed by atoms with Crippen LogP contribution in [0.25, 0.3) is 6.08 Å². The summed E-state index contributed by atoms with van der Waals surface area (Å²) in [6, 6.07) is 13.2. The van der Waals surface area contributed by atoms with E-state index in [1.165, 1.54) is 6.08 Å². The van der Waals surface area contributed by atoms with Crippen molar-refractivity contribution in [3.05, 3.63) is 65.0 Å². The molecule has 2 aromatic rings. The lowest BCUT2D eigenvalue weighted by atomic mass is 10.1. The number of amides is 1. The zero-order valence-electron chi connectivity index (χ0n) is 12.1. The largest absolute Gasteiger partial charge is 0.350 e. The first kappa shape index (κ1) is 14.6. The van der Waals surface area contributed by atoms with Gasteiger partial charge in [0.25, 0.3) is 0 Å². The van der Waals surface area contributed by atoms with Gasteiger partial charge in [0.05, 0.1) is 18.2 Å². The quantitative estimate of drug-likeness (QED) is 0.874. The van der Waals surface area contributed by atoms with Crippen molar-refractivity contribution in [3.63, 3.8) is 0 Å². The molecule has 1 aromatic heterocycles. The number of carbonyl (C=O) groups is 1. The molecule has 1 N–H and O–H groups in total. The Balaban J connectivity index is 1.94. The smallest absolute Gasteiger partial charge is 0.244 e. The lowest BCUT2D eigenvalue weighted by molar-refractivity contribution is -0.116. The molecule has 0 unspecified atom stereocenters. The summed E-state index contributed by atoms with van der Waals surface area (Å²) >= 11 is 0. The molecule has 21 heavy (non-hydrogen) atoms. The molecule has 1 amide bonds. The van der Waals surface area contributed by atoms with Gasteiger partial charge in [-0.3, -0.25) is 4.79 Å². The predicted molar refractivity (Wildman–Crippen MR) is 82.2 cm³/mol. The van der Waals surface area contributed by atoms with E-state index in [1.54, 1.807) is 24.3 Å². The van der Waals surface area contributed by atoms with Crippen molar-refractivity contribution in [2.45, 2.75) is 13.5 Å². The van der Waals surface area contributed by atoms with Crippen LogP contribution < -0.4 is 5.32 Å². The zero-order chi connectivity index (χ0) is 15.2. The standard InChI is InChI=1S/C17H17N3O/c1-13-6-8-16(20(13)2)12-19-17(21)9-7-14-4-3-5-15(10-14)11-18/h3-10H,12H2,1-2H3,(H,19,21)/b9-7+. The van der Waals surface area contributed by atoms with Crippen molar-refractivity contribution in [2.24, 2.45) is 7.05 Å². The fourth-order valence-electron chi connectivity index (χ4n) is 1.96. The molecule has 0 saturated heterocycles. The Morgan fingerprint density at radius 3 is 2.86 bits per heavy atom. The fourth-order valence-corrected chi connectivity index (χ4v) is 1.96. The van der Waals surface area contributed by atoms with Crippen LogP contribution in [0.2, 0.25) is 0 Å². The molecule has 2 rings (SSSR count). The normalized spacial score (nSPS) is 10.5. The number of benzene rings is 1. The number of nitrogens with zero attached hydrogens (tertiary/aromatic N) is 2. The van der Waals surface area contributed by atoms with Crippen molar-refractivity contribution in [2.75, 3.05) is 0 Å². The number of hydrogen-bond acceptors (Lipinski definition) is 2. The lowest BCUT2D eigenvalue weighted by Gasteiger charge is -2.05. The van der Waals surface area contributed by atoms with Gasteiger partial charge in [0.15, 0.2) is 0 Å². The van der Waals surface area contributed by atoms with Gasteiger partial charge in [0.1, 0.15) is 0 Å². The molecular weight excluding hydrogens is 262 g/mol.